The molecule has 1 unspecified atom stereocenters. The second kappa shape index (κ2) is 8.17. The number of carbonyl (C=O) groups excluding carboxylic acids is 3. The lowest BCUT2D eigenvalue weighted by Gasteiger charge is -2.16. The van der Waals surface area contributed by atoms with Crippen LogP contribution in [0.2, 0.25) is 0 Å². The van der Waals surface area contributed by atoms with E-state index in [2.05, 4.69) is 10.6 Å². The molecule has 0 bridgehead atoms. The first-order valence-electron chi connectivity index (χ1n) is 8.11. The first kappa shape index (κ1) is 19.7. The molecule has 10 heteroatoms. The number of carboxylic acids is 1. The van der Waals surface area contributed by atoms with Crippen molar-refractivity contribution in [2.24, 2.45) is 5.92 Å². The van der Waals surface area contributed by atoms with Crippen LogP contribution >= 0.6 is 11.3 Å². The molecule has 0 aliphatic carbocycles. The summed E-state index contributed by atoms with van der Waals surface area (Å²) in [4.78, 5) is 49.4. The number of aliphatic carboxylic acids is 1. The molecule has 2 rings (SSSR count). The van der Waals surface area contributed by atoms with Gasteiger partial charge >= 0.3 is 18.0 Å². The fourth-order valence-corrected chi connectivity index (χ4v) is 3.83. The van der Waals surface area contributed by atoms with E-state index in [1.165, 1.54) is 11.9 Å². The maximum atomic E-state index is 12.5. The van der Waals surface area contributed by atoms with Gasteiger partial charge in [0.25, 0.3) is 5.91 Å². The summed E-state index contributed by atoms with van der Waals surface area (Å²) in [7, 11) is 1.47. The number of nitrogens with one attached hydrogen (secondary N) is 2. The van der Waals surface area contributed by atoms with Crippen molar-refractivity contribution in [1.82, 2.24) is 10.2 Å². The Morgan fingerprint density at radius 2 is 2.04 bits per heavy atom. The summed E-state index contributed by atoms with van der Waals surface area (Å²) in [6, 6.07) is -0.510. The van der Waals surface area contributed by atoms with E-state index >= 15 is 0 Å². The van der Waals surface area contributed by atoms with Gasteiger partial charge in [-0.2, -0.15) is 0 Å². The number of thiophene rings is 1. The predicted molar refractivity (Wildman–Crippen MR) is 94.7 cm³/mol. The van der Waals surface area contributed by atoms with Gasteiger partial charge in [-0.25, -0.2) is 9.59 Å². The minimum Gasteiger partial charge on any atom is -0.481 e. The number of likely N-dealkylation sites (tertiary alicyclic amines) is 1. The summed E-state index contributed by atoms with van der Waals surface area (Å²) >= 11 is 0.979. The molecule has 0 radical (unpaired) electrons. The Balaban J connectivity index is 2.27. The summed E-state index contributed by atoms with van der Waals surface area (Å²) < 4.78 is 5.03. The van der Waals surface area contributed by atoms with E-state index in [0.29, 0.717) is 23.4 Å². The van der Waals surface area contributed by atoms with Gasteiger partial charge in [0.15, 0.2) is 0 Å². The van der Waals surface area contributed by atoms with Crippen LogP contribution in [0.25, 0.3) is 0 Å². The molecule has 0 spiro atoms. The van der Waals surface area contributed by atoms with E-state index in [0.717, 1.165) is 11.3 Å². The number of urea groups is 1. The number of nitrogens with zero attached hydrogens (tertiary/aromatic N) is 1. The molecule has 1 aliphatic heterocycles. The molecule has 3 amide bonds. The zero-order chi connectivity index (χ0) is 19.4. The third-order valence-electron chi connectivity index (χ3n) is 4.10. The van der Waals surface area contributed by atoms with Crippen LogP contribution in [0.5, 0.6) is 0 Å². The third kappa shape index (κ3) is 3.96. The van der Waals surface area contributed by atoms with Gasteiger partial charge in [-0.15, -0.1) is 11.3 Å². The van der Waals surface area contributed by atoms with Crippen LogP contribution in [0.3, 0.4) is 0 Å². The van der Waals surface area contributed by atoms with Crippen molar-refractivity contribution in [3.05, 3.63) is 16.0 Å². The first-order chi connectivity index (χ1) is 12.3. The summed E-state index contributed by atoms with van der Waals surface area (Å²) in [5.74, 6) is -2.54. The van der Waals surface area contributed by atoms with Gasteiger partial charge in [0.1, 0.15) is 5.00 Å². The number of anilines is 1. The SMILES string of the molecule is CCOC(=O)c1c(NC(=O)N2CCC(C(=O)O)C2)sc(C(=O)NC)c1C. The second-order valence-electron chi connectivity index (χ2n) is 5.76. The number of rotatable bonds is 5. The number of esters is 1. The fraction of sp³-hybridized carbons (Fsp3) is 0.500. The summed E-state index contributed by atoms with van der Waals surface area (Å²) in [5, 5.41) is 14.4. The van der Waals surface area contributed by atoms with E-state index in [4.69, 9.17) is 9.84 Å². The molecule has 1 aromatic rings. The lowest BCUT2D eigenvalue weighted by molar-refractivity contribution is -0.141. The van der Waals surface area contributed by atoms with Gasteiger partial charge in [-0.1, -0.05) is 0 Å². The molecule has 1 fully saturated rings. The van der Waals surface area contributed by atoms with E-state index in [1.54, 1.807) is 13.8 Å². The summed E-state index contributed by atoms with van der Waals surface area (Å²) in [5.41, 5.74) is 0.561. The standard InChI is InChI=1S/C16H21N3O6S/c1-4-25-15(23)10-8(2)11(12(20)17-3)26-13(10)18-16(24)19-6-5-9(7-19)14(21)22/h9H,4-7H2,1-3H3,(H,17,20)(H,18,24)(H,21,22). The molecule has 1 aliphatic rings. The Morgan fingerprint density at radius 3 is 2.58 bits per heavy atom. The molecule has 3 N–H and O–H groups in total. The number of hydrogen-bond donors (Lipinski definition) is 3. The van der Waals surface area contributed by atoms with Crippen molar-refractivity contribution in [3.8, 4) is 0 Å². The Hall–Kier alpha value is -2.62. The topological polar surface area (TPSA) is 125 Å². The molecular formula is C16H21N3O6S. The number of amides is 3. The molecule has 1 aromatic heterocycles. The highest BCUT2D eigenvalue weighted by Gasteiger charge is 2.32. The smallest absolute Gasteiger partial charge is 0.341 e. The maximum absolute atomic E-state index is 12.5. The van der Waals surface area contributed by atoms with E-state index in [1.807, 2.05) is 0 Å². The highest BCUT2D eigenvalue weighted by Crippen LogP contribution is 2.34. The fourth-order valence-electron chi connectivity index (χ4n) is 2.70. The van der Waals surface area contributed by atoms with Gasteiger partial charge in [0.2, 0.25) is 0 Å². The van der Waals surface area contributed by atoms with Crippen molar-refractivity contribution in [3.63, 3.8) is 0 Å². The largest absolute Gasteiger partial charge is 0.481 e. The van der Waals surface area contributed by atoms with Gasteiger partial charge in [-0.3, -0.25) is 14.9 Å². The molecule has 1 atom stereocenters. The molecule has 2 heterocycles. The van der Waals surface area contributed by atoms with Crippen LogP contribution in [-0.2, 0) is 9.53 Å². The van der Waals surface area contributed by atoms with Crippen molar-refractivity contribution in [2.45, 2.75) is 20.3 Å². The molecule has 26 heavy (non-hydrogen) atoms. The van der Waals surface area contributed by atoms with Crippen LogP contribution in [-0.4, -0.2) is 60.6 Å². The number of carboxylic acid groups (broad SMARTS) is 1. The van der Waals surface area contributed by atoms with Crippen LogP contribution < -0.4 is 10.6 Å². The quantitative estimate of drug-likeness (QED) is 0.662. The molecule has 142 valence electrons. The van der Waals surface area contributed by atoms with Crippen molar-refractivity contribution < 1.29 is 29.0 Å². The number of hydrogen-bond acceptors (Lipinski definition) is 6. The van der Waals surface area contributed by atoms with Crippen molar-refractivity contribution in [2.75, 3.05) is 32.1 Å². The first-order valence-corrected chi connectivity index (χ1v) is 8.93. The maximum Gasteiger partial charge on any atom is 0.341 e. The minimum absolute atomic E-state index is 0.0998. The van der Waals surface area contributed by atoms with Crippen LogP contribution in [0.15, 0.2) is 0 Å². The van der Waals surface area contributed by atoms with Gasteiger partial charge in [-0.05, 0) is 25.8 Å². The monoisotopic (exact) mass is 383 g/mol. The van der Waals surface area contributed by atoms with Gasteiger partial charge in [0, 0.05) is 20.1 Å². The van der Waals surface area contributed by atoms with Gasteiger partial charge in [0.05, 0.1) is 23.0 Å². The molecule has 9 nitrogen and oxygen atoms in total. The van der Waals surface area contributed by atoms with Crippen LogP contribution in [0, 0.1) is 12.8 Å². The second-order valence-corrected chi connectivity index (χ2v) is 6.78. The lowest BCUT2D eigenvalue weighted by Crippen LogP contribution is -2.34. The van der Waals surface area contributed by atoms with E-state index in [-0.39, 0.29) is 29.6 Å². The zero-order valence-corrected chi connectivity index (χ0v) is 15.6. The molecule has 0 aromatic carbocycles. The minimum atomic E-state index is -0.943. The van der Waals surface area contributed by atoms with Crippen molar-refractivity contribution in [1.29, 1.82) is 0 Å². The average Bonchev–Trinajstić information content (AvgIpc) is 3.20. The van der Waals surface area contributed by atoms with E-state index < -0.39 is 23.9 Å². The predicted octanol–water partition coefficient (Wildman–Crippen LogP) is 1.53. The summed E-state index contributed by atoms with van der Waals surface area (Å²) in [6.07, 6.45) is 0.375. The zero-order valence-electron chi connectivity index (χ0n) is 14.7. The third-order valence-corrected chi connectivity index (χ3v) is 5.31. The number of carbonyl (C=O) groups is 4. The van der Waals surface area contributed by atoms with Gasteiger partial charge < -0.3 is 20.1 Å². The lowest BCUT2D eigenvalue weighted by atomic mass is 10.1. The summed E-state index contributed by atoms with van der Waals surface area (Å²) in [6.45, 7) is 3.84. The Kier molecular flexibility index (Phi) is 6.19. The Morgan fingerprint density at radius 1 is 1.35 bits per heavy atom. The molecule has 0 saturated carbocycles. The molecular weight excluding hydrogens is 362 g/mol. The number of ether oxygens (including phenoxy) is 1. The normalized spacial score (nSPS) is 16.3. The van der Waals surface area contributed by atoms with E-state index in [9.17, 15) is 19.2 Å². The van der Waals surface area contributed by atoms with Crippen molar-refractivity contribution >= 4 is 40.2 Å². The molecule has 1 saturated heterocycles. The van der Waals surface area contributed by atoms with Crippen LogP contribution in [0.1, 0.15) is 38.9 Å². The average molecular weight is 383 g/mol. The Bertz CT molecular complexity index is 745. The highest BCUT2D eigenvalue weighted by atomic mass is 32.1. The van der Waals surface area contributed by atoms with Crippen LogP contribution in [0.4, 0.5) is 9.80 Å². The Labute approximate surface area is 154 Å². The highest BCUT2D eigenvalue weighted by molar-refractivity contribution is 7.18.